The topological polar surface area (TPSA) is 27.7 Å². The lowest BCUT2D eigenvalue weighted by Gasteiger charge is -2.27. The molecule has 2 saturated heterocycles. The van der Waals surface area contributed by atoms with Gasteiger partial charge in [0, 0.05) is 31.1 Å². The third-order valence-electron chi connectivity index (χ3n) is 4.64. The second-order valence-electron chi connectivity index (χ2n) is 5.62. The van der Waals surface area contributed by atoms with Crippen molar-refractivity contribution in [3.63, 3.8) is 0 Å². The first-order valence-corrected chi connectivity index (χ1v) is 7.49. The van der Waals surface area contributed by atoms with Gasteiger partial charge in [-0.1, -0.05) is 13.8 Å². The van der Waals surface area contributed by atoms with Gasteiger partial charge in [-0.2, -0.15) is 0 Å². The van der Waals surface area contributed by atoms with Crippen LogP contribution in [0.3, 0.4) is 0 Å². The zero-order valence-electron chi connectivity index (χ0n) is 12.2. The van der Waals surface area contributed by atoms with Crippen LogP contribution in [-0.2, 0) is 4.74 Å². The third kappa shape index (κ3) is 3.23. The molecule has 2 rings (SSSR count). The highest BCUT2D eigenvalue weighted by molar-refractivity contribution is 4.88. The monoisotopic (exact) mass is 255 g/mol. The molecule has 0 aromatic carbocycles. The van der Waals surface area contributed by atoms with Gasteiger partial charge in [0.1, 0.15) is 0 Å². The first-order chi connectivity index (χ1) is 8.78. The van der Waals surface area contributed by atoms with Gasteiger partial charge >= 0.3 is 0 Å². The molecule has 0 aromatic heterocycles. The van der Waals surface area contributed by atoms with Gasteiger partial charge in [0.05, 0.1) is 13.2 Å². The fraction of sp³-hybridized carbons (Fsp3) is 1.00. The van der Waals surface area contributed by atoms with Crippen molar-refractivity contribution in [2.75, 3.05) is 53.0 Å². The Morgan fingerprint density at radius 3 is 2.72 bits per heavy atom. The first kappa shape index (κ1) is 14.3. The van der Waals surface area contributed by atoms with Crippen LogP contribution < -0.4 is 5.32 Å². The molecular formula is C14H29N3O. The maximum Gasteiger partial charge on any atom is 0.0623 e. The summed E-state index contributed by atoms with van der Waals surface area (Å²) in [4.78, 5) is 5.23. The molecule has 2 aliphatic rings. The Labute approximate surface area is 112 Å². The van der Waals surface area contributed by atoms with Gasteiger partial charge in [-0.25, -0.2) is 0 Å². The molecular weight excluding hydrogens is 226 g/mol. The molecule has 18 heavy (non-hydrogen) atoms. The van der Waals surface area contributed by atoms with Crippen molar-refractivity contribution in [2.24, 2.45) is 5.92 Å². The molecule has 4 heteroatoms. The van der Waals surface area contributed by atoms with Gasteiger partial charge in [-0.3, -0.25) is 4.90 Å². The quantitative estimate of drug-likeness (QED) is 0.754. The highest BCUT2D eigenvalue weighted by Crippen LogP contribution is 2.20. The predicted molar refractivity (Wildman–Crippen MR) is 74.9 cm³/mol. The second-order valence-corrected chi connectivity index (χ2v) is 5.62. The second kappa shape index (κ2) is 6.85. The summed E-state index contributed by atoms with van der Waals surface area (Å²) < 4.78 is 5.59. The van der Waals surface area contributed by atoms with Crippen LogP contribution >= 0.6 is 0 Å². The van der Waals surface area contributed by atoms with E-state index in [-0.39, 0.29) is 0 Å². The average molecular weight is 255 g/mol. The fourth-order valence-electron chi connectivity index (χ4n) is 3.45. The normalized spacial score (nSPS) is 33.7. The van der Waals surface area contributed by atoms with Crippen LogP contribution in [0.5, 0.6) is 0 Å². The summed E-state index contributed by atoms with van der Waals surface area (Å²) in [5, 5.41) is 3.38. The fourth-order valence-corrected chi connectivity index (χ4v) is 3.45. The molecule has 2 aliphatic heterocycles. The van der Waals surface area contributed by atoms with Crippen LogP contribution in [-0.4, -0.2) is 74.9 Å². The highest BCUT2D eigenvalue weighted by atomic mass is 16.5. The summed E-state index contributed by atoms with van der Waals surface area (Å²) >= 11 is 0. The van der Waals surface area contributed by atoms with Crippen LogP contribution in [0, 0.1) is 5.92 Å². The van der Waals surface area contributed by atoms with Crippen molar-refractivity contribution >= 4 is 0 Å². The van der Waals surface area contributed by atoms with Crippen molar-refractivity contribution in [1.29, 1.82) is 0 Å². The molecule has 106 valence electrons. The summed E-state index contributed by atoms with van der Waals surface area (Å²) in [7, 11) is 2.05. The molecule has 1 N–H and O–H groups in total. The molecule has 0 amide bonds. The SMILES string of the molecule is CCN(CC)C1CCN(CC2COCC2NC)C1. The van der Waals surface area contributed by atoms with E-state index in [1.54, 1.807) is 0 Å². The smallest absolute Gasteiger partial charge is 0.0623 e. The van der Waals surface area contributed by atoms with Crippen LogP contribution in [0.25, 0.3) is 0 Å². The number of likely N-dealkylation sites (tertiary alicyclic amines) is 1. The minimum absolute atomic E-state index is 0.553. The number of ether oxygens (including phenoxy) is 1. The van der Waals surface area contributed by atoms with Crippen LogP contribution in [0.2, 0.25) is 0 Å². The molecule has 0 aromatic rings. The average Bonchev–Trinajstić information content (AvgIpc) is 3.01. The number of rotatable bonds is 6. The van der Waals surface area contributed by atoms with E-state index in [1.807, 2.05) is 0 Å². The van der Waals surface area contributed by atoms with Gasteiger partial charge in [0.15, 0.2) is 0 Å². The summed E-state index contributed by atoms with van der Waals surface area (Å²) in [6, 6.07) is 1.33. The molecule has 0 radical (unpaired) electrons. The number of nitrogens with one attached hydrogen (secondary N) is 1. The summed E-state index contributed by atoms with van der Waals surface area (Å²) in [5.41, 5.74) is 0. The Kier molecular flexibility index (Phi) is 5.42. The molecule has 2 heterocycles. The Bertz CT molecular complexity index is 245. The maximum absolute atomic E-state index is 5.59. The zero-order chi connectivity index (χ0) is 13.0. The molecule has 0 spiro atoms. The maximum atomic E-state index is 5.59. The lowest BCUT2D eigenvalue weighted by atomic mass is 10.0. The van der Waals surface area contributed by atoms with Crippen molar-refractivity contribution in [3.05, 3.63) is 0 Å². The van der Waals surface area contributed by atoms with E-state index in [9.17, 15) is 0 Å². The number of nitrogens with zero attached hydrogens (tertiary/aromatic N) is 2. The minimum atomic E-state index is 0.553. The number of hydrogen-bond donors (Lipinski definition) is 1. The third-order valence-corrected chi connectivity index (χ3v) is 4.64. The van der Waals surface area contributed by atoms with Crippen molar-refractivity contribution in [3.8, 4) is 0 Å². The molecule has 4 nitrogen and oxygen atoms in total. The summed E-state index contributed by atoms with van der Waals surface area (Å²) in [6.45, 7) is 12.4. The van der Waals surface area contributed by atoms with Crippen LogP contribution in [0.1, 0.15) is 20.3 Å². The Morgan fingerprint density at radius 2 is 2.06 bits per heavy atom. The molecule has 0 aliphatic carbocycles. The zero-order valence-corrected chi connectivity index (χ0v) is 12.2. The first-order valence-electron chi connectivity index (χ1n) is 7.49. The lowest BCUT2D eigenvalue weighted by molar-refractivity contribution is 0.167. The summed E-state index contributed by atoms with van der Waals surface area (Å²) in [6.07, 6.45) is 1.33. The standard InChI is InChI=1S/C14H29N3O/c1-4-17(5-2)13-6-7-16(9-13)8-12-10-18-11-14(12)15-3/h12-15H,4-11H2,1-3H3. The van der Waals surface area contributed by atoms with E-state index in [0.29, 0.717) is 12.0 Å². The Hall–Kier alpha value is -0.160. The van der Waals surface area contributed by atoms with Crippen LogP contribution in [0.15, 0.2) is 0 Å². The lowest BCUT2D eigenvalue weighted by Crippen LogP contribution is -2.41. The number of hydrogen-bond acceptors (Lipinski definition) is 4. The van der Waals surface area contributed by atoms with E-state index >= 15 is 0 Å². The van der Waals surface area contributed by atoms with Gasteiger partial charge < -0.3 is 15.0 Å². The minimum Gasteiger partial charge on any atom is -0.379 e. The molecule has 0 saturated carbocycles. The Morgan fingerprint density at radius 1 is 1.28 bits per heavy atom. The van der Waals surface area contributed by atoms with Gasteiger partial charge in [0.2, 0.25) is 0 Å². The van der Waals surface area contributed by atoms with E-state index in [1.165, 1.54) is 39.1 Å². The molecule has 3 atom stereocenters. The summed E-state index contributed by atoms with van der Waals surface area (Å²) in [5.74, 6) is 0.672. The van der Waals surface area contributed by atoms with E-state index in [2.05, 4.69) is 36.0 Å². The number of likely N-dealkylation sites (N-methyl/N-ethyl adjacent to an activating group) is 2. The molecule has 2 fully saturated rings. The van der Waals surface area contributed by atoms with Gasteiger partial charge in [-0.05, 0) is 33.1 Å². The van der Waals surface area contributed by atoms with Gasteiger partial charge in [-0.15, -0.1) is 0 Å². The molecule has 0 bridgehead atoms. The largest absolute Gasteiger partial charge is 0.379 e. The Balaban J connectivity index is 1.78. The van der Waals surface area contributed by atoms with Crippen LogP contribution in [0.4, 0.5) is 0 Å². The molecule has 3 unspecified atom stereocenters. The van der Waals surface area contributed by atoms with Crippen molar-refractivity contribution in [2.45, 2.75) is 32.4 Å². The van der Waals surface area contributed by atoms with Gasteiger partial charge in [0.25, 0.3) is 0 Å². The van der Waals surface area contributed by atoms with Crippen molar-refractivity contribution < 1.29 is 4.74 Å². The van der Waals surface area contributed by atoms with E-state index < -0.39 is 0 Å². The predicted octanol–water partition coefficient (Wildman–Crippen LogP) is 0.637. The van der Waals surface area contributed by atoms with E-state index in [4.69, 9.17) is 4.74 Å². The van der Waals surface area contributed by atoms with Crippen molar-refractivity contribution in [1.82, 2.24) is 15.1 Å². The highest BCUT2D eigenvalue weighted by Gasteiger charge is 2.32. The van der Waals surface area contributed by atoms with E-state index in [0.717, 1.165) is 19.3 Å².